The molecule has 4 nitrogen and oxygen atoms in total. The minimum atomic E-state index is 0.00553. The zero-order valence-electron chi connectivity index (χ0n) is 11.8. The van der Waals surface area contributed by atoms with Crippen molar-refractivity contribution in [2.24, 2.45) is 5.92 Å². The first-order chi connectivity index (χ1) is 9.72. The third-order valence-corrected chi connectivity index (χ3v) is 3.60. The summed E-state index contributed by atoms with van der Waals surface area (Å²) < 4.78 is 5.15. The van der Waals surface area contributed by atoms with Crippen molar-refractivity contribution in [1.29, 1.82) is 0 Å². The van der Waals surface area contributed by atoms with Gasteiger partial charge in [-0.2, -0.15) is 0 Å². The van der Waals surface area contributed by atoms with Gasteiger partial charge in [0.05, 0.1) is 7.11 Å². The molecule has 0 aliphatic carbocycles. The Balaban J connectivity index is 1.97. The molecule has 0 bridgehead atoms. The van der Waals surface area contributed by atoms with E-state index in [0.29, 0.717) is 6.54 Å². The second kappa shape index (κ2) is 7.10. The number of aliphatic hydroxyl groups excluding tert-OH is 1. The molecule has 1 heterocycles. The third-order valence-electron chi connectivity index (χ3n) is 3.60. The Morgan fingerprint density at radius 1 is 1.55 bits per heavy atom. The molecule has 1 aromatic carbocycles. The Kier molecular flexibility index (Phi) is 5.18. The number of hydrogen-bond donors (Lipinski definition) is 1. The molecule has 1 N–H and O–H groups in total. The number of carbonyl (C=O) groups excluding carboxylic acids is 1. The number of nitrogens with zero attached hydrogens (tertiary/aromatic N) is 1. The quantitative estimate of drug-likeness (QED) is 0.854. The van der Waals surface area contributed by atoms with Crippen LogP contribution in [0.3, 0.4) is 0 Å². The van der Waals surface area contributed by atoms with Crippen LogP contribution in [0.4, 0.5) is 0 Å². The van der Waals surface area contributed by atoms with Crippen LogP contribution in [0, 0.1) is 5.92 Å². The zero-order chi connectivity index (χ0) is 14.4. The van der Waals surface area contributed by atoms with E-state index < -0.39 is 0 Å². The van der Waals surface area contributed by atoms with Gasteiger partial charge >= 0.3 is 0 Å². The highest BCUT2D eigenvalue weighted by atomic mass is 16.5. The second-order valence-corrected chi connectivity index (χ2v) is 5.09. The predicted octanol–water partition coefficient (Wildman–Crippen LogP) is 1.94. The Morgan fingerprint density at radius 3 is 3.15 bits per heavy atom. The van der Waals surface area contributed by atoms with Crippen molar-refractivity contribution in [3.63, 3.8) is 0 Å². The first-order valence-corrected chi connectivity index (χ1v) is 6.95. The van der Waals surface area contributed by atoms with Gasteiger partial charge in [0.2, 0.25) is 5.91 Å². The number of ether oxygens (including phenoxy) is 1. The van der Waals surface area contributed by atoms with Crippen LogP contribution in [0.1, 0.15) is 18.4 Å². The van der Waals surface area contributed by atoms with Gasteiger partial charge in [0, 0.05) is 25.8 Å². The SMILES string of the molecule is COc1cccc(/C=C/C(=O)N2CCCC(CO)C2)c1. The standard InChI is InChI=1S/C16H21NO3/c1-20-15-6-2-4-13(10-15)7-8-16(19)17-9-3-5-14(11-17)12-18/h2,4,6-8,10,14,18H,3,5,9,11-12H2,1H3/b8-7+. The molecule has 1 amide bonds. The largest absolute Gasteiger partial charge is 0.497 e. The lowest BCUT2D eigenvalue weighted by Crippen LogP contribution is -2.40. The number of benzene rings is 1. The summed E-state index contributed by atoms with van der Waals surface area (Å²) >= 11 is 0. The van der Waals surface area contributed by atoms with Crippen LogP contribution in [0.15, 0.2) is 30.3 Å². The van der Waals surface area contributed by atoms with Gasteiger partial charge in [-0.3, -0.25) is 4.79 Å². The third kappa shape index (κ3) is 3.84. The van der Waals surface area contributed by atoms with Gasteiger partial charge in [-0.25, -0.2) is 0 Å². The smallest absolute Gasteiger partial charge is 0.246 e. The molecule has 0 radical (unpaired) electrons. The maximum Gasteiger partial charge on any atom is 0.246 e. The number of likely N-dealkylation sites (tertiary alicyclic amines) is 1. The molecular weight excluding hydrogens is 254 g/mol. The molecule has 1 aromatic rings. The number of aliphatic hydroxyl groups is 1. The number of hydrogen-bond acceptors (Lipinski definition) is 3. The topological polar surface area (TPSA) is 49.8 Å². The predicted molar refractivity (Wildman–Crippen MR) is 78.4 cm³/mol. The van der Waals surface area contributed by atoms with Gasteiger partial charge in [0.1, 0.15) is 5.75 Å². The number of piperidine rings is 1. The van der Waals surface area contributed by atoms with Crippen LogP contribution < -0.4 is 4.74 Å². The molecule has 1 saturated heterocycles. The number of carbonyl (C=O) groups is 1. The van der Waals surface area contributed by atoms with Crippen LogP contribution >= 0.6 is 0 Å². The first kappa shape index (κ1) is 14.6. The lowest BCUT2D eigenvalue weighted by Gasteiger charge is -2.31. The van der Waals surface area contributed by atoms with Crippen molar-refractivity contribution in [2.75, 3.05) is 26.8 Å². The summed E-state index contributed by atoms with van der Waals surface area (Å²) in [6.45, 7) is 1.58. The average Bonchev–Trinajstić information content (AvgIpc) is 2.52. The van der Waals surface area contributed by atoms with E-state index in [4.69, 9.17) is 4.74 Å². The minimum Gasteiger partial charge on any atom is -0.497 e. The van der Waals surface area contributed by atoms with Crippen molar-refractivity contribution in [3.8, 4) is 5.75 Å². The normalized spacial score (nSPS) is 19.3. The number of amides is 1. The minimum absolute atomic E-state index is 0.00553. The average molecular weight is 275 g/mol. The fourth-order valence-corrected chi connectivity index (χ4v) is 2.43. The van der Waals surface area contributed by atoms with Crippen LogP contribution in [-0.4, -0.2) is 42.7 Å². The Bertz CT molecular complexity index is 484. The molecule has 1 atom stereocenters. The summed E-state index contributed by atoms with van der Waals surface area (Å²) in [5, 5.41) is 9.19. The summed E-state index contributed by atoms with van der Waals surface area (Å²) in [7, 11) is 1.62. The van der Waals surface area contributed by atoms with Gasteiger partial charge in [-0.15, -0.1) is 0 Å². The maximum absolute atomic E-state index is 12.1. The second-order valence-electron chi connectivity index (χ2n) is 5.09. The molecule has 0 aromatic heterocycles. The van der Waals surface area contributed by atoms with Crippen molar-refractivity contribution in [3.05, 3.63) is 35.9 Å². The van der Waals surface area contributed by atoms with Crippen LogP contribution in [0.5, 0.6) is 5.75 Å². The monoisotopic (exact) mass is 275 g/mol. The van der Waals surface area contributed by atoms with E-state index >= 15 is 0 Å². The number of rotatable bonds is 4. The van der Waals surface area contributed by atoms with Crippen molar-refractivity contribution >= 4 is 12.0 Å². The summed E-state index contributed by atoms with van der Waals surface area (Å²) in [6.07, 6.45) is 5.35. The van der Waals surface area contributed by atoms with Gasteiger partial charge in [-0.05, 0) is 42.5 Å². The van der Waals surface area contributed by atoms with Crippen molar-refractivity contribution < 1.29 is 14.6 Å². The van der Waals surface area contributed by atoms with E-state index in [-0.39, 0.29) is 18.4 Å². The fourth-order valence-electron chi connectivity index (χ4n) is 2.43. The van der Waals surface area contributed by atoms with Crippen molar-refractivity contribution in [1.82, 2.24) is 4.90 Å². The highest BCUT2D eigenvalue weighted by Crippen LogP contribution is 2.17. The summed E-state index contributed by atoms with van der Waals surface area (Å²) in [5.41, 5.74) is 0.938. The van der Waals surface area contributed by atoms with Gasteiger partial charge in [0.15, 0.2) is 0 Å². The molecule has 1 fully saturated rings. The Labute approximate surface area is 119 Å². The highest BCUT2D eigenvalue weighted by Gasteiger charge is 2.21. The maximum atomic E-state index is 12.1. The van der Waals surface area contributed by atoms with E-state index in [1.54, 1.807) is 24.2 Å². The lowest BCUT2D eigenvalue weighted by molar-refractivity contribution is -0.127. The molecular formula is C16H21NO3. The van der Waals surface area contributed by atoms with E-state index in [1.807, 2.05) is 24.3 Å². The Morgan fingerprint density at radius 2 is 2.40 bits per heavy atom. The van der Waals surface area contributed by atoms with Crippen LogP contribution in [0.25, 0.3) is 6.08 Å². The molecule has 1 aliphatic heterocycles. The summed E-state index contributed by atoms with van der Waals surface area (Å²) in [5.74, 6) is 1.00. The van der Waals surface area contributed by atoms with Gasteiger partial charge in [-0.1, -0.05) is 12.1 Å². The molecule has 0 saturated carbocycles. The van der Waals surface area contributed by atoms with Gasteiger partial charge < -0.3 is 14.7 Å². The van der Waals surface area contributed by atoms with Crippen LogP contribution in [-0.2, 0) is 4.79 Å². The molecule has 108 valence electrons. The molecule has 2 rings (SSSR count). The van der Waals surface area contributed by atoms with E-state index in [1.165, 1.54) is 0 Å². The van der Waals surface area contributed by atoms with E-state index in [2.05, 4.69) is 0 Å². The highest BCUT2D eigenvalue weighted by molar-refractivity contribution is 5.91. The van der Waals surface area contributed by atoms with E-state index in [0.717, 1.165) is 30.7 Å². The lowest BCUT2D eigenvalue weighted by atomic mass is 9.99. The summed E-state index contributed by atoms with van der Waals surface area (Å²) in [6, 6.07) is 7.58. The first-order valence-electron chi connectivity index (χ1n) is 6.95. The summed E-state index contributed by atoms with van der Waals surface area (Å²) in [4.78, 5) is 13.9. The fraction of sp³-hybridized carbons (Fsp3) is 0.438. The van der Waals surface area contributed by atoms with E-state index in [9.17, 15) is 9.90 Å². The molecule has 1 unspecified atom stereocenters. The van der Waals surface area contributed by atoms with Gasteiger partial charge in [0.25, 0.3) is 0 Å². The molecule has 1 aliphatic rings. The number of methoxy groups -OCH3 is 1. The zero-order valence-corrected chi connectivity index (χ0v) is 11.8. The molecule has 4 heteroatoms. The van der Waals surface area contributed by atoms with Crippen LogP contribution in [0.2, 0.25) is 0 Å². The Hall–Kier alpha value is -1.81. The molecule has 0 spiro atoms. The molecule has 20 heavy (non-hydrogen) atoms. The van der Waals surface area contributed by atoms with Crippen molar-refractivity contribution in [2.45, 2.75) is 12.8 Å².